The van der Waals surface area contributed by atoms with Crippen LogP contribution in [-0.4, -0.2) is 41.7 Å². The molecule has 1 saturated heterocycles. The molecule has 9 nitrogen and oxygen atoms in total. The molecule has 0 saturated carbocycles. The quantitative estimate of drug-likeness (QED) is 0.374. The minimum atomic E-state index is -3.68. The van der Waals surface area contributed by atoms with Crippen molar-refractivity contribution in [2.45, 2.75) is 31.4 Å². The van der Waals surface area contributed by atoms with E-state index in [-0.39, 0.29) is 17.7 Å². The van der Waals surface area contributed by atoms with Crippen molar-refractivity contribution in [3.63, 3.8) is 0 Å². The van der Waals surface area contributed by atoms with Crippen molar-refractivity contribution in [2.75, 3.05) is 17.3 Å². The number of alkyl halides is 2. The van der Waals surface area contributed by atoms with Crippen molar-refractivity contribution >= 4 is 35.1 Å². The lowest BCUT2D eigenvalue weighted by atomic mass is 9.98. The van der Waals surface area contributed by atoms with Crippen LogP contribution in [-0.2, 0) is 16.6 Å². The summed E-state index contributed by atoms with van der Waals surface area (Å²) < 4.78 is 48.1. The molecule has 3 aromatic rings. The van der Waals surface area contributed by atoms with E-state index >= 15 is 0 Å². The molecule has 1 aromatic heterocycles. The fraction of sp³-hybridized carbons (Fsp3) is 0.259. The Morgan fingerprint density at radius 3 is 2.54 bits per heavy atom. The van der Waals surface area contributed by atoms with Crippen molar-refractivity contribution < 1.29 is 27.5 Å². The Balaban J connectivity index is 1.75. The lowest BCUT2D eigenvalue weighted by Crippen LogP contribution is -2.46. The van der Waals surface area contributed by atoms with Gasteiger partial charge in [-0.05, 0) is 42.0 Å². The van der Waals surface area contributed by atoms with E-state index in [9.17, 15) is 27.6 Å². The third kappa shape index (κ3) is 5.64. The summed E-state index contributed by atoms with van der Waals surface area (Å²) >= 11 is 0. The molecule has 1 aliphatic heterocycles. The largest absolute Gasteiger partial charge is 0.494 e. The Morgan fingerprint density at radius 1 is 1.15 bits per heavy atom. The van der Waals surface area contributed by atoms with Gasteiger partial charge >= 0.3 is 5.92 Å². The van der Waals surface area contributed by atoms with Crippen LogP contribution in [0.15, 0.2) is 59.5 Å². The first-order valence-electron chi connectivity index (χ1n) is 11.9. The number of hydrogen-bond acceptors (Lipinski definition) is 6. The minimum Gasteiger partial charge on any atom is -0.494 e. The molecular formula is C27H26F3N5O4. The van der Waals surface area contributed by atoms with Crippen LogP contribution in [0.4, 0.5) is 30.2 Å². The Bertz CT molecular complexity index is 1500. The normalized spacial score (nSPS) is 17.2. The molecule has 0 bridgehead atoms. The lowest BCUT2D eigenvalue weighted by molar-refractivity contribution is -0.143. The zero-order valence-corrected chi connectivity index (χ0v) is 21.3. The van der Waals surface area contributed by atoms with E-state index in [0.29, 0.717) is 35.1 Å². The smallest absolute Gasteiger partial charge is 0.321 e. The predicted molar refractivity (Wildman–Crippen MR) is 140 cm³/mol. The van der Waals surface area contributed by atoms with Gasteiger partial charge in [0, 0.05) is 55.8 Å². The molecule has 1 fully saturated rings. The van der Waals surface area contributed by atoms with Gasteiger partial charge < -0.3 is 30.2 Å². The van der Waals surface area contributed by atoms with Crippen molar-refractivity contribution in [1.82, 2.24) is 9.88 Å². The van der Waals surface area contributed by atoms with E-state index in [1.807, 2.05) is 0 Å². The first-order valence-corrected chi connectivity index (χ1v) is 11.9. The van der Waals surface area contributed by atoms with Crippen molar-refractivity contribution in [2.24, 2.45) is 7.05 Å². The second-order valence-electron chi connectivity index (χ2n) is 9.18. The van der Waals surface area contributed by atoms with E-state index in [4.69, 9.17) is 10.1 Å². The van der Waals surface area contributed by atoms with Crippen LogP contribution >= 0.6 is 0 Å². The van der Waals surface area contributed by atoms with Gasteiger partial charge in [-0.2, -0.15) is 8.78 Å². The highest BCUT2D eigenvalue weighted by Gasteiger charge is 2.45. The number of halogens is 3. The topological polar surface area (TPSA) is 117 Å². The standard InChI is InChI=1S/C27H26F3N5O4/c1-27(29,30)26(38)33-21-12-24(37)35(25(21)15-4-7-19(28)22(11-15)39-3)18-6-8-20(16(10-18)13-31)32-17-5-9-23(36)34(2)14-17/h4-11,13-14,21,25,31-32H,12H2,1-3H3,(H,33,38)/t21-,25+/m0/s1. The molecule has 0 spiro atoms. The lowest BCUT2D eigenvalue weighted by Gasteiger charge is -2.30. The predicted octanol–water partition coefficient (Wildman–Crippen LogP) is 3.89. The third-order valence-electron chi connectivity index (χ3n) is 6.39. The molecule has 0 unspecified atom stereocenters. The summed E-state index contributed by atoms with van der Waals surface area (Å²) in [6.45, 7) is 0.458. The molecule has 2 aromatic carbocycles. The van der Waals surface area contributed by atoms with E-state index in [1.54, 1.807) is 37.5 Å². The third-order valence-corrected chi connectivity index (χ3v) is 6.39. The molecule has 2 amide bonds. The van der Waals surface area contributed by atoms with Gasteiger partial charge in [0.25, 0.3) is 5.91 Å². The van der Waals surface area contributed by atoms with Gasteiger partial charge in [0.15, 0.2) is 11.6 Å². The highest BCUT2D eigenvalue weighted by atomic mass is 19.3. The van der Waals surface area contributed by atoms with Crippen LogP contribution in [0, 0.1) is 11.2 Å². The first kappa shape index (κ1) is 27.4. The number of ether oxygens (including phenoxy) is 1. The van der Waals surface area contributed by atoms with E-state index in [2.05, 4.69) is 10.6 Å². The molecule has 4 rings (SSSR count). The van der Waals surface area contributed by atoms with Crippen LogP contribution in [0.5, 0.6) is 5.75 Å². The Hall–Kier alpha value is -4.61. The molecule has 3 N–H and O–H groups in total. The summed E-state index contributed by atoms with van der Waals surface area (Å²) in [7, 11) is 2.87. The summed E-state index contributed by atoms with van der Waals surface area (Å²) in [5.41, 5.74) is 1.98. The number of aromatic nitrogens is 1. The van der Waals surface area contributed by atoms with E-state index in [0.717, 1.165) is 12.3 Å². The number of rotatable bonds is 8. The van der Waals surface area contributed by atoms with Gasteiger partial charge in [-0.1, -0.05) is 6.07 Å². The summed E-state index contributed by atoms with van der Waals surface area (Å²) in [4.78, 5) is 38.4. The molecule has 204 valence electrons. The van der Waals surface area contributed by atoms with Crippen molar-refractivity contribution in [3.05, 3.63) is 82.0 Å². The van der Waals surface area contributed by atoms with Crippen LogP contribution < -0.4 is 25.8 Å². The van der Waals surface area contributed by atoms with Crippen molar-refractivity contribution in [1.29, 1.82) is 5.41 Å². The van der Waals surface area contributed by atoms with Gasteiger partial charge in [0.2, 0.25) is 11.5 Å². The number of carbonyl (C=O) groups is 2. The van der Waals surface area contributed by atoms with E-state index in [1.165, 1.54) is 34.8 Å². The highest BCUT2D eigenvalue weighted by Crippen LogP contribution is 2.40. The molecule has 2 heterocycles. The Kier molecular flexibility index (Phi) is 7.48. The number of nitrogens with zero attached hydrogens (tertiary/aromatic N) is 2. The summed E-state index contributed by atoms with van der Waals surface area (Å²) in [6, 6.07) is 9.60. The highest BCUT2D eigenvalue weighted by molar-refractivity contribution is 6.00. The molecule has 39 heavy (non-hydrogen) atoms. The average Bonchev–Trinajstić information content (AvgIpc) is 3.21. The number of hydrogen-bond donors (Lipinski definition) is 3. The number of carbonyl (C=O) groups excluding carboxylic acids is 2. The number of pyridine rings is 1. The summed E-state index contributed by atoms with van der Waals surface area (Å²) in [6.07, 6.45) is 2.37. The molecule has 1 aliphatic rings. The van der Waals surface area contributed by atoms with Crippen LogP contribution in [0.25, 0.3) is 0 Å². The fourth-order valence-corrected chi connectivity index (χ4v) is 4.46. The first-order chi connectivity index (χ1) is 18.4. The molecular weight excluding hydrogens is 515 g/mol. The monoisotopic (exact) mass is 541 g/mol. The maximum Gasteiger partial charge on any atom is 0.321 e. The second-order valence-corrected chi connectivity index (χ2v) is 9.18. The molecule has 0 radical (unpaired) electrons. The average molecular weight is 542 g/mol. The van der Waals surface area contributed by atoms with Crippen LogP contribution in [0.2, 0.25) is 0 Å². The number of nitrogens with one attached hydrogen (secondary N) is 3. The van der Waals surface area contributed by atoms with Crippen LogP contribution in [0.3, 0.4) is 0 Å². The number of amides is 2. The van der Waals surface area contributed by atoms with Gasteiger partial charge in [0.1, 0.15) is 0 Å². The van der Waals surface area contributed by atoms with Gasteiger partial charge in [-0.25, -0.2) is 4.39 Å². The summed E-state index contributed by atoms with van der Waals surface area (Å²) in [5, 5.41) is 13.3. The Morgan fingerprint density at radius 2 is 1.90 bits per heavy atom. The molecule has 0 aliphatic carbocycles. The number of anilines is 3. The summed E-state index contributed by atoms with van der Waals surface area (Å²) in [5.74, 6) is -6.46. The van der Waals surface area contributed by atoms with E-state index < -0.39 is 35.6 Å². The number of methoxy groups -OCH3 is 1. The maximum atomic E-state index is 14.2. The molecule has 2 atom stereocenters. The number of benzene rings is 2. The maximum absolute atomic E-state index is 14.2. The van der Waals surface area contributed by atoms with Crippen LogP contribution in [0.1, 0.15) is 30.5 Å². The van der Waals surface area contributed by atoms with Crippen molar-refractivity contribution in [3.8, 4) is 5.75 Å². The second kappa shape index (κ2) is 10.6. The van der Waals surface area contributed by atoms with Gasteiger partial charge in [-0.15, -0.1) is 0 Å². The Labute approximate surface area is 221 Å². The number of aryl methyl sites for hydroxylation is 1. The van der Waals surface area contributed by atoms with Gasteiger partial charge in [0.05, 0.1) is 24.9 Å². The zero-order chi connectivity index (χ0) is 28.5. The minimum absolute atomic E-state index is 0.116. The zero-order valence-electron chi connectivity index (χ0n) is 21.3. The SMILES string of the molecule is COc1cc([C@@H]2[C@@H](NC(=O)C(C)(F)F)CC(=O)N2c2ccc(Nc3ccc(=O)n(C)c3)c(C=N)c2)ccc1F. The molecule has 12 heteroatoms. The van der Waals surface area contributed by atoms with Gasteiger partial charge in [-0.3, -0.25) is 14.4 Å². The fourth-order valence-electron chi connectivity index (χ4n) is 4.46.